The summed E-state index contributed by atoms with van der Waals surface area (Å²) in [4.78, 5) is 40.4. The molecule has 0 aromatic heterocycles. The van der Waals surface area contributed by atoms with Gasteiger partial charge in [0.25, 0.3) is 0 Å². The Morgan fingerprint density at radius 3 is 2.44 bits per heavy atom. The highest BCUT2D eigenvalue weighted by Gasteiger charge is 2.61. The molecule has 2 amide bonds. The predicted molar refractivity (Wildman–Crippen MR) is 102 cm³/mol. The molecular weight excluding hydrogens is 408 g/mol. The van der Waals surface area contributed by atoms with Crippen molar-refractivity contribution < 1.29 is 14.4 Å². The molecule has 0 aliphatic carbocycles. The fourth-order valence-electron chi connectivity index (χ4n) is 4.56. The Kier molecular flexibility index (Phi) is 3.59. The third-order valence-electron chi connectivity index (χ3n) is 5.70. The summed E-state index contributed by atoms with van der Waals surface area (Å²) in [6.45, 7) is 0. The Labute approximate surface area is 164 Å². The average Bonchev–Trinajstić information content (AvgIpc) is 3.17. The number of carbonyl (C=O) groups is 3. The number of hydrogen-bond donors (Lipinski definition) is 1. The van der Waals surface area contributed by atoms with Crippen molar-refractivity contribution in [2.24, 2.45) is 11.8 Å². The van der Waals surface area contributed by atoms with E-state index in [9.17, 15) is 14.4 Å². The number of nitrogens with one attached hydrogen (secondary N) is 1. The normalized spacial score (nSPS) is 27.8. The van der Waals surface area contributed by atoms with Gasteiger partial charge in [-0.25, -0.2) is 0 Å². The molecule has 3 heterocycles. The van der Waals surface area contributed by atoms with Crippen LogP contribution in [0.5, 0.6) is 0 Å². The molecule has 2 aromatic rings. The van der Waals surface area contributed by atoms with Gasteiger partial charge < -0.3 is 4.90 Å². The molecule has 2 saturated heterocycles. The third-order valence-corrected chi connectivity index (χ3v) is 6.23. The van der Waals surface area contributed by atoms with Gasteiger partial charge in [0, 0.05) is 16.2 Å². The summed E-state index contributed by atoms with van der Waals surface area (Å²) in [5.74, 6) is -2.05. The van der Waals surface area contributed by atoms with E-state index in [0.717, 1.165) is 15.6 Å². The lowest BCUT2D eigenvalue weighted by Crippen LogP contribution is -2.42. The number of halogens is 1. The van der Waals surface area contributed by atoms with E-state index >= 15 is 0 Å². The molecule has 6 heteroatoms. The van der Waals surface area contributed by atoms with Crippen LogP contribution < -0.4 is 5.32 Å². The van der Waals surface area contributed by atoms with Crippen LogP contribution in [0.25, 0.3) is 6.08 Å². The van der Waals surface area contributed by atoms with E-state index in [4.69, 9.17) is 0 Å². The number of hydrogen-bond acceptors (Lipinski definition) is 4. The Morgan fingerprint density at radius 1 is 0.963 bits per heavy atom. The highest BCUT2D eigenvalue weighted by atomic mass is 79.9. The zero-order chi connectivity index (χ0) is 18.7. The van der Waals surface area contributed by atoms with Crippen LogP contribution in [0.15, 0.2) is 59.2 Å². The summed E-state index contributed by atoms with van der Waals surface area (Å²) in [6.07, 6.45) is 3.80. The van der Waals surface area contributed by atoms with E-state index in [0.29, 0.717) is 5.56 Å². The lowest BCUT2D eigenvalue weighted by atomic mass is 9.83. The van der Waals surface area contributed by atoms with Crippen LogP contribution in [-0.4, -0.2) is 28.5 Å². The number of imide groups is 1. The van der Waals surface area contributed by atoms with Crippen molar-refractivity contribution in [1.29, 1.82) is 0 Å². The fraction of sp³-hybridized carbons (Fsp3) is 0.190. The van der Waals surface area contributed by atoms with Gasteiger partial charge >= 0.3 is 0 Å². The Hall–Kier alpha value is -2.73. The van der Waals surface area contributed by atoms with Gasteiger partial charge in [-0.15, -0.1) is 0 Å². The zero-order valence-electron chi connectivity index (χ0n) is 14.1. The zero-order valence-corrected chi connectivity index (χ0v) is 15.7. The van der Waals surface area contributed by atoms with Crippen LogP contribution in [0.4, 0.5) is 0 Å². The van der Waals surface area contributed by atoms with Gasteiger partial charge in [-0.1, -0.05) is 52.3 Å². The number of nitrogens with zero attached hydrogens (tertiary/aromatic N) is 1. The Balaban J connectivity index is 1.64. The lowest BCUT2D eigenvalue weighted by molar-refractivity contribution is -0.127. The van der Waals surface area contributed by atoms with Crippen molar-refractivity contribution in [2.45, 2.75) is 12.1 Å². The minimum atomic E-state index is -0.697. The fourth-order valence-corrected chi connectivity index (χ4v) is 4.82. The number of ketones is 1. The van der Waals surface area contributed by atoms with Gasteiger partial charge in [0.05, 0.1) is 17.9 Å². The predicted octanol–water partition coefficient (Wildman–Crippen LogP) is 2.93. The van der Waals surface area contributed by atoms with Crippen molar-refractivity contribution in [3.8, 4) is 0 Å². The molecule has 5 rings (SSSR count). The number of amides is 2. The van der Waals surface area contributed by atoms with Crippen molar-refractivity contribution in [3.63, 3.8) is 0 Å². The largest absolute Gasteiger partial charge is 0.358 e. The molecule has 3 aliphatic heterocycles. The molecule has 5 nitrogen and oxygen atoms in total. The van der Waals surface area contributed by atoms with Crippen LogP contribution in [0.1, 0.15) is 27.5 Å². The second-order valence-corrected chi connectivity index (χ2v) is 7.97. The van der Waals surface area contributed by atoms with Crippen LogP contribution in [0, 0.1) is 11.8 Å². The molecule has 4 atom stereocenters. The molecule has 0 saturated carbocycles. The second kappa shape index (κ2) is 5.89. The van der Waals surface area contributed by atoms with Gasteiger partial charge in [-0.3, -0.25) is 19.7 Å². The molecule has 0 radical (unpaired) electrons. The summed E-state index contributed by atoms with van der Waals surface area (Å²) >= 11 is 3.37. The quantitative estimate of drug-likeness (QED) is 0.596. The maximum Gasteiger partial charge on any atom is 0.233 e. The minimum Gasteiger partial charge on any atom is -0.358 e. The Bertz CT molecular complexity index is 1010. The molecule has 0 unspecified atom stereocenters. The van der Waals surface area contributed by atoms with E-state index in [1.165, 1.54) is 0 Å². The van der Waals surface area contributed by atoms with Crippen LogP contribution >= 0.6 is 15.9 Å². The standard InChI is InChI=1S/C21H15BrN2O3/c22-13-7-5-12(6-8-13)19(25)18-16-15(20(26)23-21(16)27)17-14-4-2-1-3-11(14)9-10-24(17)18/h1-10,15-18H,(H,23,26,27)/t15-,16+,17+,18-/m0/s1. The van der Waals surface area contributed by atoms with Crippen molar-refractivity contribution >= 4 is 39.6 Å². The van der Waals surface area contributed by atoms with Crippen LogP contribution in [0.3, 0.4) is 0 Å². The first kappa shape index (κ1) is 16.4. The highest BCUT2D eigenvalue weighted by Crippen LogP contribution is 2.51. The number of fused-ring (bicyclic) bond motifs is 5. The molecule has 2 fully saturated rings. The van der Waals surface area contributed by atoms with E-state index in [2.05, 4.69) is 21.2 Å². The number of benzene rings is 2. The second-order valence-electron chi connectivity index (χ2n) is 7.06. The summed E-state index contributed by atoms with van der Waals surface area (Å²) in [6, 6.07) is 13.9. The van der Waals surface area contributed by atoms with Gasteiger partial charge in [0.15, 0.2) is 5.78 Å². The lowest BCUT2D eigenvalue weighted by Gasteiger charge is -2.34. The first-order chi connectivity index (χ1) is 13.1. The van der Waals surface area contributed by atoms with E-state index < -0.39 is 17.9 Å². The molecule has 0 bridgehead atoms. The molecule has 2 aromatic carbocycles. The molecule has 27 heavy (non-hydrogen) atoms. The van der Waals surface area contributed by atoms with Gasteiger partial charge in [-0.05, 0) is 29.3 Å². The molecule has 3 aliphatic rings. The first-order valence-electron chi connectivity index (χ1n) is 8.75. The average molecular weight is 423 g/mol. The molecular formula is C21H15BrN2O3. The number of Topliss-reactive ketones (excluding diaryl/α,β-unsaturated/α-hetero) is 1. The number of carbonyl (C=O) groups excluding carboxylic acids is 3. The summed E-state index contributed by atoms with van der Waals surface area (Å²) in [5.41, 5.74) is 2.52. The third kappa shape index (κ3) is 2.33. The minimum absolute atomic E-state index is 0.145. The summed E-state index contributed by atoms with van der Waals surface area (Å²) in [5, 5.41) is 2.44. The first-order valence-corrected chi connectivity index (χ1v) is 9.54. The Morgan fingerprint density at radius 2 is 1.67 bits per heavy atom. The van der Waals surface area contributed by atoms with Crippen molar-refractivity contribution in [2.75, 3.05) is 0 Å². The SMILES string of the molecule is O=C1NC(=O)[C@H]2[C@@H]1[C@@H](C(=O)c1ccc(Br)cc1)N1C=Cc3ccccc3[C@H]21. The van der Waals surface area contributed by atoms with Gasteiger partial charge in [0.1, 0.15) is 6.04 Å². The molecule has 1 N–H and O–H groups in total. The smallest absolute Gasteiger partial charge is 0.233 e. The van der Waals surface area contributed by atoms with E-state index in [1.807, 2.05) is 41.4 Å². The van der Waals surface area contributed by atoms with E-state index in [1.54, 1.807) is 24.3 Å². The van der Waals surface area contributed by atoms with Crippen molar-refractivity contribution in [1.82, 2.24) is 10.2 Å². The molecule has 0 spiro atoms. The van der Waals surface area contributed by atoms with Crippen LogP contribution in [-0.2, 0) is 9.59 Å². The number of rotatable bonds is 2. The molecule has 134 valence electrons. The monoisotopic (exact) mass is 422 g/mol. The van der Waals surface area contributed by atoms with Gasteiger partial charge in [-0.2, -0.15) is 0 Å². The summed E-state index contributed by atoms with van der Waals surface area (Å²) < 4.78 is 0.877. The van der Waals surface area contributed by atoms with E-state index in [-0.39, 0.29) is 23.6 Å². The maximum absolute atomic E-state index is 13.3. The van der Waals surface area contributed by atoms with Crippen LogP contribution in [0.2, 0.25) is 0 Å². The van der Waals surface area contributed by atoms with Gasteiger partial charge in [0.2, 0.25) is 11.8 Å². The maximum atomic E-state index is 13.3. The van der Waals surface area contributed by atoms with Crippen molar-refractivity contribution in [3.05, 3.63) is 75.9 Å². The highest BCUT2D eigenvalue weighted by molar-refractivity contribution is 9.10. The topological polar surface area (TPSA) is 66.5 Å². The summed E-state index contributed by atoms with van der Waals surface area (Å²) in [7, 11) is 0.